The number of rotatable bonds is 8. The molecule has 10 heteroatoms. The highest BCUT2D eigenvalue weighted by Gasteiger charge is 2.27. The lowest BCUT2D eigenvalue weighted by Gasteiger charge is -2.06. The SMILES string of the molecule is CCOC(=O)c1sc(NC(=O)c2ccn(COC)n2)c(C(=O)OCC)c1C. The number of hydrogen-bond acceptors (Lipinski definition) is 8. The number of carbonyl (C=O) groups excluding carboxylic acids is 3. The van der Waals surface area contributed by atoms with Gasteiger partial charge in [-0.2, -0.15) is 5.10 Å². The summed E-state index contributed by atoms with van der Waals surface area (Å²) < 4.78 is 16.5. The van der Waals surface area contributed by atoms with E-state index in [4.69, 9.17) is 14.2 Å². The van der Waals surface area contributed by atoms with E-state index in [1.165, 1.54) is 17.9 Å². The first-order valence-corrected chi connectivity index (χ1v) is 9.05. The lowest BCUT2D eigenvalue weighted by atomic mass is 10.1. The molecule has 0 bridgehead atoms. The van der Waals surface area contributed by atoms with E-state index < -0.39 is 17.8 Å². The van der Waals surface area contributed by atoms with E-state index in [1.807, 2.05) is 0 Å². The minimum Gasteiger partial charge on any atom is -0.462 e. The third-order valence-corrected chi connectivity index (χ3v) is 4.64. The number of hydrogen-bond donors (Lipinski definition) is 1. The molecule has 1 amide bonds. The van der Waals surface area contributed by atoms with Crippen molar-refractivity contribution in [2.45, 2.75) is 27.5 Å². The van der Waals surface area contributed by atoms with Gasteiger partial charge in [-0.05, 0) is 32.4 Å². The number of carbonyl (C=O) groups is 3. The third kappa shape index (κ3) is 4.72. The summed E-state index contributed by atoms with van der Waals surface area (Å²) in [6.45, 7) is 5.53. The van der Waals surface area contributed by atoms with Crippen molar-refractivity contribution in [1.82, 2.24) is 9.78 Å². The first-order valence-electron chi connectivity index (χ1n) is 8.24. The summed E-state index contributed by atoms with van der Waals surface area (Å²) in [4.78, 5) is 37.2. The molecule has 2 heterocycles. The molecule has 1 N–H and O–H groups in total. The summed E-state index contributed by atoms with van der Waals surface area (Å²) in [6, 6.07) is 1.52. The summed E-state index contributed by atoms with van der Waals surface area (Å²) in [7, 11) is 1.51. The Labute approximate surface area is 160 Å². The van der Waals surface area contributed by atoms with Crippen LogP contribution in [-0.4, -0.2) is 47.9 Å². The van der Waals surface area contributed by atoms with Gasteiger partial charge in [-0.1, -0.05) is 0 Å². The Morgan fingerprint density at radius 3 is 2.48 bits per heavy atom. The van der Waals surface area contributed by atoms with Crippen LogP contribution in [0.4, 0.5) is 5.00 Å². The molecule has 0 aromatic carbocycles. The Balaban J connectivity index is 2.35. The Hall–Kier alpha value is -2.72. The minimum atomic E-state index is -0.623. The zero-order valence-electron chi connectivity index (χ0n) is 15.5. The van der Waals surface area contributed by atoms with Crippen molar-refractivity contribution in [3.05, 3.63) is 34.0 Å². The van der Waals surface area contributed by atoms with Crippen LogP contribution in [0.5, 0.6) is 0 Å². The first-order chi connectivity index (χ1) is 12.9. The molecule has 0 radical (unpaired) electrons. The second-order valence-corrected chi connectivity index (χ2v) is 6.33. The molecule has 2 rings (SSSR count). The Morgan fingerprint density at radius 2 is 1.85 bits per heavy atom. The Bertz CT molecular complexity index is 842. The minimum absolute atomic E-state index is 0.134. The van der Waals surface area contributed by atoms with Gasteiger partial charge >= 0.3 is 11.9 Å². The number of thiophene rings is 1. The number of ether oxygens (including phenoxy) is 3. The van der Waals surface area contributed by atoms with Crippen LogP contribution in [0.3, 0.4) is 0 Å². The fraction of sp³-hybridized carbons (Fsp3) is 0.412. The highest BCUT2D eigenvalue weighted by molar-refractivity contribution is 7.18. The van der Waals surface area contributed by atoms with Crippen molar-refractivity contribution >= 4 is 34.2 Å². The van der Waals surface area contributed by atoms with Gasteiger partial charge in [0.1, 0.15) is 16.6 Å². The molecule has 0 aliphatic rings. The van der Waals surface area contributed by atoms with E-state index in [0.717, 1.165) is 11.3 Å². The van der Waals surface area contributed by atoms with Crippen molar-refractivity contribution in [3.8, 4) is 0 Å². The zero-order valence-corrected chi connectivity index (χ0v) is 16.3. The maximum absolute atomic E-state index is 12.5. The van der Waals surface area contributed by atoms with E-state index in [-0.39, 0.29) is 41.1 Å². The molecular formula is C17H21N3O6S. The third-order valence-electron chi connectivity index (χ3n) is 3.45. The van der Waals surface area contributed by atoms with E-state index in [1.54, 1.807) is 27.0 Å². The maximum Gasteiger partial charge on any atom is 0.348 e. The van der Waals surface area contributed by atoms with E-state index in [0.29, 0.717) is 5.56 Å². The monoisotopic (exact) mass is 395 g/mol. The van der Waals surface area contributed by atoms with Crippen molar-refractivity contribution in [2.24, 2.45) is 0 Å². The van der Waals surface area contributed by atoms with Gasteiger partial charge in [-0.15, -0.1) is 11.3 Å². The van der Waals surface area contributed by atoms with Crippen LogP contribution >= 0.6 is 11.3 Å². The molecule has 2 aromatic rings. The topological polar surface area (TPSA) is 109 Å². The van der Waals surface area contributed by atoms with Gasteiger partial charge in [0, 0.05) is 13.3 Å². The number of methoxy groups -OCH3 is 1. The van der Waals surface area contributed by atoms with Gasteiger partial charge in [0.05, 0.1) is 18.8 Å². The van der Waals surface area contributed by atoms with Crippen molar-refractivity contribution < 1.29 is 28.6 Å². The summed E-state index contributed by atoms with van der Waals surface area (Å²) in [5.74, 6) is -1.70. The number of esters is 2. The van der Waals surface area contributed by atoms with E-state index >= 15 is 0 Å². The second-order valence-electron chi connectivity index (χ2n) is 5.31. The molecule has 2 aromatic heterocycles. The quantitative estimate of drug-likeness (QED) is 0.684. The zero-order chi connectivity index (χ0) is 20.0. The van der Waals surface area contributed by atoms with Gasteiger partial charge in [0.15, 0.2) is 5.69 Å². The van der Waals surface area contributed by atoms with Crippen LogP contribution in [0.25, 0.3) is 0 Å². The molecule has 0 aliphatic heterocycles. The van der Waals surface area contributed by atoms with Gasteiger partial charge in [-0.3, -0.25) is 4.79 Å². The summed E-state index contributed by atoms with van der Waals surface area (Å²) in [5, 5.41) is 6.92. The van der Waals surface area contributed by atoms with Crippen LogP contribution in [-0.2, 0) is 20.9 Å². The predicted molar refractivity (Wildman–Crippen MR) is 98.2 cm³/mol. The molecule has 0 spiro atoms. The molecule has 0 unspecified atom stereocenters. The molecule has 27 heavy (non-hydrogen) atoms. The van der Waals surface area contributed by atoms with Crippen LogP contribution in [0, 0.1) is 6.92 Å². The van der Waals surface area contributed by atoms with Crippen LogP contribution < -0.4 is 5.32 Å². The molecule has 0 aliphatic carbocycles. The number of amides is 1. The van der Waals surface area contributed by atoms with Crippen LogP contribution in [0.1, 0.15) is 49.9 Å². The van der Waals surface area contributed by atoms with E-state index in [9.17, 15) is 14.4 Å². The molecule has 0 saturated heterocycles. The molecule has 146 valence electrons. The van der Waals surface area contributed by atoms with Crippen LogP contribution in [0.15, 0.2) is 12.3 Å². The lowest BCUT2D eigenvalue weighted by molar-refractivity contribution is 0.0527. The molecule has 0 atom stereocenters. The highest BCUT2D eigenvalue weighted by atomic mass is 32.1. The summed E-state index contributed by atoms with van der Waals surface area (Å²) in [5.41, 5.74) is 0.678. The smallest absolute Gasteiger partial charge is 0.348 e. The average molecular weight is 395 g/mol. The Morgan fingerprint density at radius 1 is 1.19 bits per heavy atom. The van der Waals surface area contributed by atoms with Gasteiger partial charge in [-0.25, -0.2) is 14.3 Å². The fourth-order valence-electron chi connectivity index (χ4n) is 2.30. The van der Waals surface area contributed by atoms with Gasteiger partial charge < -0.3 is 19.5 Å². The number of nitrogens with one attached hydrogen (secondary N) is 1. The maximum atomic E-state index is 12.5. The van der Waals surface area contributed by atoms with Gasteiger partial charge in [0.2, 0.25) is 0 Å². The highest BCUT2D eigenvalue weighted by Crippen LogP contribution is 2.34. The van der Waals surface area contributed by atoms with Crippen molar-refractivity contribution in [1.29, 1.82) is 0 Å². The van der Waals surface area contributed by atoms with Crippen LogP contribution in [0.2, 0.25) is 0 Å². The van der Waals surface area contributed by atoms with E-state index in [2.05, 4.69) is 10.4 Å². The van der Waals surface area contributed by atoms with Crippen molar-refractivity contribution in [3.63, 3.8) is 0 Å². The number of aromatic nitrogens is 2. The summed E-state index contributed by atoms with van der Waals surface area (Å²) >= 11 is 0.962. The first kappa shape index (κ1) is 20.6. The normalized spacial score (nSPS) is 10.5. The molecule has 9 nitrogen and oxygen atoms in total. The molecular weight excluding hydrogens is 374 g/mol. The second kappa shape index (κ2) is 9.28. The van der Waals surface area contributed by atoms with Gasteiger partial charge in [0.25, 0.3) is 5.91 Å². The molecule has 0 fully saturated rings. The lowest BCUT2D eigenvalue weighted by Crippen LogP contribution is -2.16. The average Bonchev–Trinajstić information content (AvgIpc) is 3.20. The largest absolute Gasteiger partial charge is 0.462 e. The predicted octanol–water partition coefficient (Wildman–Crippen LogP) is 2.46. The fourth-order valence-corrected chi connectivity index (χ4v) is 3.38. The Kier molecular flexibility index (Phi) is 7.08. The standard InChI is InChI=1S/C17H21N3O6S/c1-5-25-16(22)12-10(3)13(17(23)26-6-2)27-15(12)18-14(21)11-7-8-20(19-11)9-24-4/h7-8H,5-6,9H2,1-4H3,(H,18,21). The molecule has 0 saturated carbocycles. The van der Waals surface area contributed by atoms with Crippen molar-refractivity contribution in [2.75, 3.05) is 25.6 Å². The summed E-state index contributed by atoms with van der Waals surface area (Å²) in [6.07, 6.45) is 1.59. The number of anilines is 1. The number of nitrogens with zero attached hydrogens (tertiary/aromatic N) is 2.